The molecule has 5 nitrogen and oxygen atoms in total. The van der Waals surface area contributed by atoms with Gasteiger partial charge in [-0.15, -0.1) is 0 Å². The standard InChI is InChI=1S/C14H19N3O2/c15-14(19)17-13(18)12(10-6-2-1-3-7-10)16-11-8-4-5-9-11/h1-3,6-7,11-12,16H,4-5,8-9H2,(H3,15,17,18,19)/t12-/m0/s1. The molecule has 0 aromatic heterocycles. The van der Waals surface area contributed by atoms with E-state index in [0.717, 1.165) is 18.4 Å². The number of carbonyl (C=O) groups is 2. The molecule has 1 atom stereocenters. The number of benzene rings is 1. The lowest BCUT2D eigenvalue weighted by molar-refractivity contribution is -0.122. The lowest BCUT2D eigenvalue weighted by Crippen LogP contribution is -2.45. The van der Waals surface area contributed by atoms with E-state index in [9.17, 15) is 9.59 Å². The van der Waals surface area contributed by atoms with Gasteiger partial charge >= 0.3 is 6.03 Å². The third-order valence-electron chi connectivity index (χ3n) is 3.40. The molecule has 102 valence electrons. The number of rotatable bonds is 4. The van der Waals surface area contributed by atoms with E-state index in [1.54, 1.807) is 0 Å². The summed E-state index contributed by atoms with van der Waals surface area (Å²) in [5, 5.41) is 5.47. The number of hydrogen-bond donors (Lipinski definition) is 3. The topological polar surface area (TPSA) is 84.2 Å². The molecule has 1 aliphatic carbocycles. The summed E-state index contributed by atoms with van der Waals surface area (Å²) < 4.78 is 0. The van der Waals surface area contributed by atoms with Crippen LogP contribution in [0.2, 0.25) is 0 Å². The molecule has 1 fully saturated rings. The van der Waals surface area contributed by atoms with E-state index in [-0.39, 0.29) is 0 Å². The Labute approximate surface area is 112 Å². The number of hydrogen-bond acceptors (Lipinski definition) is 3. The molecule has 4 N–H and O–H groups in total. The van der Waals surface area contributed by atoms with E-state index in [1.807, 2.05) is 30.3 Å². The molecule has 2 rings (SSSR count). The Kier molecular flexibility index (Phi) is 4.52. The van der Waals surface area contributed by atoms with Crippen molar-refractivity contribution < 1.29 is 9.59 Å². The summed E-state index contributed by atoms with van der Waals surface area (Å²) in [4.78, 5) is 22.9. The molecule has 1 aliphatic rings. The number of imide groups is 1. The fourth-order valence-electron chi connectivity index (χ4n) is 2.49. The van der Waals surface area contributed by atoms with Gasteiger partial charge in [0.25, 0.3) is 0 Å². The third kappa shape index (κ3) is 3.79. The Morgan fingerprint density at radius 1 is 1.16 bits per heavy atom. The van der Waals surface area contributed by atoms with Gasteiger partial charge in [0, 0.05) is 6.04 Å². The van der Waals surface area contributed by atoms with Crippen LogP contribution < -0.4 is 16.4 Å². The predicted octanol–water partition coefficient (Wildman–Crippen LogP) is 1.45. The molecule has 0 spiro atoms. The number of amides is 3. The molecule has 0 heterocycles. The fraction of sp³-hybridized carbons (Fsp3) is 0.429. The molecule has 0 saturated heterocycles. The molecule has 5 heteroatoms. The minimum Gasteiger partial charge on any atom is -0.351 e. The maximum absolute atomic E-state index is 12.1. The first-order chi connectivity index (χ1) is 9.16. The lowest BCUT2D eigenvalue weighted by atomic mass is 10.0. The minimum absolute atomic E-state index is 0.323. The summed E-state index contributed by atoms with van der Waals surface area (Å²) in [5.74, 6) is -0.398. The normalized spacial score (nSPS) is 17.1. The lowest BCUT2D eigenvalue weighted by Gasteiger charge is -2.22. The molecule has 1 saturated carbocycles. The molecule has 1 aromatic rings. The second-order valence-corrected chi connectivity index (χ2v) is 4.85. The summed E-state index contributed by atoms with van der Waals surface area (Å²) >= 11 is 0. The summed E-state index contributed by atoms with van der Waals surface area (Å²) in [7, 11) is 0. The van der Waals surface area contributed by atoms with Crippen LogP contribution in [0, 0.1) is 0 Å². The van der Waals surface area contributed by atoms with Crippen LogP contribution in [0.3, 0.4) is 0 Å². The van der Waals surface area contributed by atoms with Gasteiger partial charge in [0.2, 0.25) is 5.91 Å². The van der Waals surface area contributed by atoms with E-state index in [0.29, 0.717) is 6.04 Å². The van der Waals surface area contributed by atoms with Crippen molar-refractivity contribution in [1.82, 2.24) is 10.6 Å². The van der Waals surface area contributed by atoms with Crippen molar-refractivity contribution in [1.29, 1.82) is 0 Å². The van der Waals surface area contributed by atoms with Crippen LogP contribution in [-0.2, 0) is 4.79 Å². The zero-order chi connectivity index (χ0) is 13.7. The van der Waals surface area contributed by atoms with Crippen LogP contribution in [-0.4, -0.2) is 18.0 Å². The van der Waals surface area contributed by atoms with Crippen molar-refractivity contribution in [2.24, 2.45) is 5.73 Å². The van der Waals surface area contributed by atoms with Gasteiger partial charge in [-0.05, 0) is 18.4 Å². The molecular weight excluding hydrogens is 242 g/mol. The molecule has 3 amide bonds. The second kappa shape index (κ2) is 6.33. The van der Waals surface area contributed by atoms with Crippen LogP contribution in [0.5, 0.6) is 0 Å². The number of carbonyl (C=O) groups excluding carboxylic acids is 2. The summed E-state index contributed by atoms with van der Waals surface area (Å²) in [5.41, 5.74) is 5.86. The van der Waals surface area contributed by atoms with Gasteiger partial charge < -0.3 is 5.73 Å². The SMILES string of the molecule is NC(=O)NC(=O)[C@@H](NC1CCCC1)c1ccccc1. The van der Waals surface area contributed by atoms with Crippen LogP contribution in [0.4, 0.5) is 4.79 Å². The van der Waals surface area contributed by atoms with E-state index in [4.69, 9.17) is 5.73 Å². The van der Waals surface area contributed by atoms with Gasteiger partial charge in [-0.25, -0.2) is 4.79 Å². The highest BCUT2D eigenvalue weighted by atomic mass is 16.2. The van der Waals surface area contributed by atoms with Crippen LogP contribution in [0.1, 0.15) is 37.3 Å². The van der Waals surface area contributed by atoms with E-state index < -0.39 is 18.0 Å². The van der Waals surface area contributed by atoms with Gasteiger partial charge in [-0.3, -0.25) is 15.4 Å². The van der Waals surface area contributed by atoms with E-state index >= 15 is 0 Å². The highest BCUT2D eigenvalue weighted by Gasteiger charge is 2.26. The molecular formula is C14H19N3O2. The zero-order valence-corrected chi connectivity index (χ0v) is 10.8. The van der Waals surface area contributed by atoms with E-state index in [2.05, 4.69) is 10.6 Å². The zero-order valence-electron chi connectivity index (χ0n) is 10.8. The first kappa shape index (κ1) is 13.5. The van der Waals surface area contributed by atoms with Crippen LogP contribution in [0.15, 0.2) is 30.3 Å². The number of primary amides is 1. The predicted molar refractivity (Wildman–Crippen MR) is 72.3 cm³/mol. The summed E-state index contributed by atoms with van der Waals surface area (Å²) in [6, 6.07) is 8.34. The highest BCUT2D eigenvalue weighted by Crippen LogP contribution is 2.22. The Hall–Kier alpha value is -1.88. The van der Waals surface area contributed by atoms with Crippen LogP contribution in [0.25, 0.3) is 0 Å². The average Bonchev–Trinajstić information content (AvgIpc) is 2.89. The Morgan fingerprint density at radius 2 is 1.79 bits per heavy atom. The average molecular weight is 261 g/mol. The van der Waals surface area contributed by atoms with Gasteiger partial charge in [-0.2, -0.15) is 0 Å². The third-order valence-corrected chi connectivity index (χ3v) is 3.40. The highest BCUT2D eigenvalue weighted by molar-refractivity contribution is 5.96. The number of nitrogens with two attached hydrogens (primary N) is 1. The Morgan fingerprint density at radius 3 is 2.37 bits per heavy atom. The van der Waals surface area contributed by atoms with Gasteiger partial charge in [0.1, 0.15) is 6.04 Å². The van der Waals surface area contributed by atoms with Crippen LogP contribution >= 0.6 is 0 Å². The first-order valence-electron chi connectivity index (χ1n) is 6.58. The van der Waals surface area contributed by atoms with Crippen molar-refractivity contribution in [2.75, 3.05) is 0 Å². The quantitative estimate of drug-likeness (QED) is 0.767. The summed E-state index contributed by atoms with van der Waals surface area (Å²) in [6.07, 6.45) is 4.48. The van der Waals surface area contributed by atoms with E-state index in [1.165, 1.54) is 12.8 Å². The van der Waals surface area contributed by atoms with Gasteiger partial charge in [-0.1, -0.05) is 43.2 Å². The molecule has 0 radical (unpaired) electrons. The Balaban J connectivity index is 2.12. The smallest absolute Gasteiger partial charge is 0.318 e. The molecule has 1 aromatic carbocycles. The maximum Gasteiger partial charge on any atom is 0.318 e. The van der Waals surface area contributed by atoms with Crippen molar-refractivity contribution in [3.8, 4) is 0 Å². The van der Waals surface area contributed by atoms with Crippen molar-refractivity contribution in [3.05, 3.63) is 35.9 Å². The number of urea groups is 1. The van der Waals surface area contributed by atoms with Crippen molar-refractivity contribution >= 4 is 11.9 Å². The molecule has 0 bridgehead atoms. The minimum atomic E-state index is -0.820. The second-order valence-electron chi connectivity index (χ2n) is 4.85. The van der Waals surface area contributed by atoms with Crippen molar-refractivity contribution in [2.45, 2.75) is 37.8 Å². The fourth-order valence-corrected chi connectivity index (χ4v) is 2.49. The molecule has 0 aliphatic heterocycles. The van der Waals surface area contributed by atoms with Crippen molar-refractivity contribution in [3.63, 3.8) is 0 Å². The number of nitrogens with one attached hydrogen (secondary N) is 2. The van der Waals surface area contributed by atoms with Gasteiger partial charge in [0.05, 0.1) is 0 Å². The largest absolute Gasteiger partial charge is 0.351 e. The Bertz CT molecular complexity index is 441. The molecule has 0 unspecified atom stereocenters. The maximum atomic E-state index is 12.1. The monoisotopic (exact) mass is 261 g/mol. The van der Waals surface area contributed by atoms with Gasteiger partial charge in [0.15, 0.2) is 0 Å². The summed E-state index contributed by atoms with van der Waals surface area (Å²) in [6.45, 7) is 0. The first-order valence-corrected chi connectivity index (χ1v) is 6.58. The molecule has 19 heavy (non-hydrogen) atoms.